The molecule has 0 amide bonds. The maximum atomic E-state index is 4.96. The molecule has 0 atom stereocenters. The van der Waals surface area contributed by atoms with Crippen molar-refractivity contribution >= 4 is 22.4 Å². The highest BCUT2D eigenvalue weighted by Crippen LogP contribution is 2.23. The molecule has 144 valence electrons. The van der Waals surface area contributed by atoms with Gasteiger partial charge in [0.15, 0.2) is 0 Å². The number of pyridine rings is 2. The molecule has 30 heavy (non-hydrogen) atoms. The van der Waals surface area contributed by atoms with Crippen LogP contribution in [0.15, 0.2) is 109 Å². The highest BCUT2D eigenvalue weighted by molar-refractivity contribution is 6.19. The standard InChI is InChI=1S/C26H20N4/c1-3-8-19(9-4-1)16-22-14-13-20(17-28-22)25(30-21-10-5-2-6-11-21)24-18-29-26-23(24)12-7-15-27-26/h1-15,17-18H,16H2,(H,27,29). The van der Waals surface area contributed by atoms with E-state index in [-0.39, 0.29) is 0 Å². The summed E-state index contributed by atoms with van der Waals surface area (Å²) >= 11 is 0. The van der Waals surface area contributed by atoms with Gasteiger partial charge in [-0.25, -0.2) is 9.98 Å². The number of aliphatic imine (C=N–C) groups is 1. The monoisotopic (exact) mass is 388 g/mol. The summed E-state index contributed by atoms with van der Waals surface area (Å²) in [6.45, 7) is 0. The highest BCUT2D eigenvalue weighted by atomic mass is 14.8. The summed E-state index contributed by atoms with van der Waals surface area (Å²) in [6, 6.07) is 28.6. The normalized spacial score (nSPS) is 11.7. The number of benzene rings is 2. The molecule has 0 bridgehead atoms. The SMILES string of the molecule is c1ccc(Cc2ccc(C(=Nc3ccccc3)c3c[nH]c4ncccc34)cn2)cc1. The highest BCUT2D eigenvalue weighted by Gasteiger charge is 2.14. The molecule has 3 heterocycles. The Balaban J connectivity index is 1.56. The summed E-state index contributed by atoms with van der Waals surface area (Å²) in [7, 11) is 0. The van der Waals surface area contributed by atoms with Crippen LogP contribution in [-0.2, 0) is 6.42 Å². The van der Waals surface area contributed by atoms with Gasteiger partial charge < -0.3 is 4.98 Å². The summed E-state index contributed by atoms with van der Waals surface area (Å²) in [5.74, 6) is 0. The Labute approximate surface area is 175 Å². The van der Waals surface area contributed by atoms with Crippen molar-refractivity contribution < 1.29 is 0 Å². The van der Waals surface area contributed by atoms with Crippen molar-refractivity contribution in [3.8, 4) is 0 Å². The van der Waals surface area contributed by atoms with E-state index < -0.39 is 0 Å². The van der Waals surface area contributed by atoms with Gasteiger partial charge >= 0.3 is 0 Å². The molecule has 3 aromatic heterocycles. The van der Waals surface area contributed by atoms with Crippen LogP contribution in [0.4, 0.5) is 5.69 Å². The van der Waals surface area contributed by atoms with Crippen LogP contribution in [0, 0.1) is 0 Å². The lowest BCUT2D eigenvalue weighted by Crippen LogP contribution is -2.04. The fourth-order valence-corrected chi connectivity index (χ4v) is 3.54. The molecule has 2 aromatic carbocycles. The third kappa shape index (κ3) is 3.76. The van der Waals surface area contributed by atoms with E-state index in [0.717, 1.165) is 45.7 Å². The Kier molecular flexibility index (Phi) is 4.88. The van der Waals surface area contributed by atoms with Crippen LogP contribution in [0.25, 0.3) is 11.0 Å². The summed E-state index contributed by atoms with van der Waals surface area (Å²) < 4.78 is 0. The van der Waals surface area contributed by atoms with E-state index in [2.05, 4.69) is 52.4 Å². The van der Waals surface area contributed by atoms with Crippen LogP contribution in [0.1, 0.15) is 22.4 Å². The minimum atomic E-state index is 0.809. The second-order valence-corrected chi connectivity index (χ2v) is 7.10. The minimum absolute atomic E-state index is 0.809. The van der Waals surface area contributed by atoms with Gasteiger partial charge in [-0.1, -0.05) is 48.5 Å². The number of para-hydroxylation sites is 1. The number of aromatic nitrogens is 3. The number of aromatic amines is 1. The van der Waals surface area contributed by atoms with Crippen LogP contribution in [0.2, 0.25) is 0 Å². The molecule has 0 aliphatic heterocycles. The predicted molar refractivity (Wildman–Crippen MR) is 121 cm³/mol. The molecule has 5 rings (SSSR count). The molecule has 4 heteroatoms. The van der Waals surface area contributed by atoms with E-state index in [0.29, 0.717) is 0 Å². The zero-order valence-electron chi connectivity index (χ0n) is 16.4. The lowest BCUT2D eigenvalue weighted by molar-refractivity contribution is 1.07. The van der Waals surface area contributed by atoms with Crippen LogP contribution in [0.5, 0.6) is 0 Å². The van der Waals surface area contributed by atoms with Crippen molar-refractivity contribution in [2.45, 2.75) is 6.42 Å². The molecule has 0 aliphatic rings. The molecule has 0 radical (unpaired) electrons. The van der Waals surface area contributed by atoms with Crippen LogP contribution >= 0.6 is 0 Å². The zero-order chi connectivity index (χ0) is 20.2. The number of hydrogen-bond donors (Lipinski definition) is 1. The van der Waals surface area contributed by atoms with Crippen molar-refractivity contribution in [3.63, 3.8) is 0 Å². The molecule has 4 nitrogen and oxygen atoms in total. The number of rotatable bonds is 5. The van der Waals surface area contributed by atoms with Crippen molar-refractivity contribution in [3.05, 3.63) is 126 Å². The Morgan fingerprint density at radius 2 is 1.60 bits per heavy atom. The van der Waals surface area contributed by atoms with E-state index in [1.165, 1.54) is 5.56 Å². The maximum absolute atomic E-state index is 4.96. The van der Waals surface area contributed by atoms with E-state index in [1.54, 1.807) is 6.20 Å². The first-order valence-electron chi connectivity index (χ1n) is 9.92. The number of hydrogen-bond acceptors (Lipinski definition) is 3. The van der Waals surface area contributed by atoms with Gasteiger partial charge in [0.05, 0.1) is 11.4 Å². The second kappa shape index (κ2) is 8.13. The van der Waals surface area contributed by atoms with Crippen LogP contribution in [-0.4, -0.2) is 20.7 Å². The molecule has 1 N–H and O–H groups in total. The van der Waals surface area contributed by atoms with Gasteiger partial charge in [-0.15, -0.1) is 0 Å². The lowest BCUT2D eigenvalue weighted by Gasteiger charge is -2.08. The smallest absolute Gasteiger partial charge is 0.137 e. The molecule has 0 unspecified atom stereocenters. The summed E-state index contributed by atoms with van der Waals surface area (Å²) in [5.41, 5.74) is 6.89. The Morgan fingerprint density at radius 1 is 0.800 bits per heavy atom. The minimum Gasteiger partial charge on any atom is -0.345 e. The molecule has 0 saturated heterocycles. The summed E-state index contributed by atoms with van der Waals surface area (Å²) in [5, 5.41) is 1.04. The van der Waals surface area contributed by atoms with Gasteiger partial charge in [-0.2, -0.15) is 0 Å². The van der Waals surface area contributed by atoms with Gasteiger partial charge in [0.1, 0.15) is 5.65 Å². The van der Waals surface area contributed by atoms with Gasteiger partial charge in [-0.05, 0) is 42.0 Å². The third-order valence-corrected chi connectivity index (χ3v) is 5.03. The van der Waals surface area contributed by atoms with Gasteiger partial charge in [0.2, 0.25) is 0 Å². The van der Waals surface area contributed by atoms with E-state index in [9.17, 15) is 0 Å². The number of H-pyrrole nitrogens is 1. The summed E-state index contributed by atoms with van der Waals surface area (Å²) in [4.78, 5) is 17.4. The van der Waals surface area contributed by atoms with E-state index in [4.69, 9.17) is 9.98 Å². The van der Waals surface area contributed by atoms with E-state index in [1.807, 2.05) is 54.9 Å². The Bertz CT molecular complexity index is 1290. The second-order valence-electron chi connectivity index (χ2n) is 7.10. The Morgan fingerprint density at radius 3 is 2.37 bits per heavy atom. The predicted octanol–water partition coefficient (Wildman–Crippen LogP) is 5.72. The van der Waals surface area contributed by atoms with Gasteiger partial charge in [-0.3, -0.25) is 4.98 Å². The topological polar surface area (TPSA) is 53.9 Å². The zero-order valence-corrected chi connectivity index (χ0v) is 16.4. The van der Waals surface area contributed by atoms with Crippen molar-refractivity contribution in [2.24, 2.45) is 4.99 Å². The largest absolute Gasteiger partial charge is 0.345 e. The molecule has 0 saturated carbocycles. The first-order valence-corrected chi connectivity index (χ1v) is 9.92. The van der Waals surface area contributed by atoms with E-state index >= 15 is 0 Å². The molecule has 0 aliphatic carbocycles. The molecule has 0 fully saturated rings. The molecule has 5 aromatic rings. The average Bonchev–Trinajstić information content (AvgIpc) is 3.24. The fraction of sp³-hybridized carbons (Fsp3) is 0.0385. The van der Waals surface area contributed by atoms with Crippen LogP contribution < -0.4 is 0 Å². The first kappa shape index (κ1) is 18.0. The van der Waals surface area contributed by atoms with Gasteiger partial charge in [0.25, 0.3) is 0 Å². The maximum Gasteiger partial charge on any atom is 0.137 e. The number of nitrogens with zero attached hydrogens (tertiary/aromatic N) is 3. The number of nitrogens with one attached hydrogen (secondary N) is 1. The van der Waals surface area contributed by atoms with Crippen molar-refractivity contribution in [1.82, 2.24) is 15.0 Å². The van der Waals surface area contributed by atoms with Crippen LogP contribution in [0.3, 0.4) is 0 Å². The van der Waals surface area contributed by atoms with Crippen molar-refractivity contribution in [1.29, 1.82) is 0 Å². The molecular weight excluding hydrogens is 368 g/mol. The summed E-state index contributed by atoms with van der Waals surface area (Å²) in [6.07, 6.45) is 6.48. The fourth-order valence-electron chi connectivity index (χ4n) is 3.54. The van der Waals surface area contributed by atoms with Gasteiger partial charge in [0, 0.05) is 47.2 Å². The first-order chi connectivity index (χ1) is 14.9. The average molecular weight is 388 g/mol. The Hall–Kier alpha value is -4.05. The van der Waals surface area contributed by atoms with Crippen molar-refractivity contribution in [2.75, 3.05) is 0 Å². The molecular formula is C26H20N4. The quantitative estimate of drug-likeness (QED) is 0.392. The lowest BCUT2D eigenvalue weighted by atomic mass is 10.0. The number of fused-ring (bicyclic) bond motifs is 1. The third-order valence-electron chi connectivity index (χ3n) is 5.03. The molecule has 0 spiro atoms.